The minimum Gasteiger partial charge on any atom is -0.122 e. The highest BCUT2D eigenvalue weighted by Crippen LogP contribution is 2.25. The van der Waals surface area contributed by atoms with Crippen LogP contribution in [0.25, 0.3) is 5.57 Å². The van der Waals surface area contributed by atoms with Gasteiger partial charge in [-0.3, -0.25) is 0 Å². The third-order valence-corrected chi connectivity index (χ3v) is 2.62. The van der Waals surface area contributed by atoms with E-state index in [1.165, 1.54) is 5.56 Å². The van der Waals surface area contributed by atoms with Crippen molar-refractivity contribution in [2.45, 2.75) is 26.2 Å². The summed E-state index contributed by atoms with van der Waals surface area (Å²) in [6.07, 6.45) is 0. The molecule has 14 heavy (non-hydrogen) atoms. The van der Waals surface area contributed by atoms with Crippen molar-refractivity contribution in [3.05, 3.63) is 42.0 Å². The Kier molecular flexibility index (Phi) is 3.38. The predicted molar refractivity (Wildman–Crippen MR) is 64.9 cm³/mol. The summed E-state index contributed by atoms with van der Waals surface area (Å²) in [6.45, 7) is 10.5. The summed E-state index contributed by atoms with van der Waals surface area (Å²) in [7, 11) is 0. The molecule has 76 valence electrons. The fraction of sp³-hybridized carbons (Fsp3) is 0.385. The van der Waals surface area contributed by atoms with Crippen LogP contribution in [-0.2, 0) is 5.41 Å². The smallest absolute Gasteiger partial charge is 0.0474 e. The van der Waals surface area contributed by atoms with E-state index in [1.807, 2.05) is 0 Å². The highest BCUT2D eigenvalue weighted by atomic mass is 35.5. The molecule has 0 unspecified atom stereocenters. The molecule has 0 saturated carbocycles. The average molecular weight is 209 g/mol. The van der Waals surface area contributed by atoms with E-state index in [2.05, 4.69) is 51.6 Å². The lowest BCUT2D eigenvalue weighted by atomic mass is 9.85. The van der Waals surface area contributed by atoms with Gasteiger partial charge in [0, 0.05) is 5.88 Å². The Bertz CT molecular complexity index is 331. The molecule has 0 aliphatic rings. The second kappa shape index (κ2) is 4.18. The van der Waals surface area contributed by atoms with Crippen LogP contribution in [-0.4, -0.2) is 5.88 Å². The summed E-state index contributed by atoms with van der Waals surface area (Å²) in [5.74, 6) is 0.494. The molecule has 0 heterocycles. The molecule has 0 atom stereocenters. The van der Waals surface area contributed by atoms with Crippen molar-refractivity contribution in [2.24, 2.45) is 0 Å². The lowest BCUT2D eigenvalue weighted by Gasteiger charge is -2.19. The molecule has 0 nitrogen and oxygen atoms in total. The first-order valence-electron chi connectivity index (χ1n) is 4.80. The zero-order chi connectivity index (χ0) is 10.8. The SMILES string of the molecule is C=C(CCl)c1cccc(C(C)(C)C)c1. The van der Waals surface area contributed by atoms with Gasteiger partial charge in [0.15, 0.2) is 0 Å². The van der Waals surface area contributed by atoms with Crippen LogP contribution in [0.2, 0.25) is 0 Å². The van der Waals surface area contributed by atoms with E-state index >= 15 is 0 Å². The molecule has 0 radical (unpaired) electrons. The maximum absolute atomic E-state index is 5.75. The predicted octanol–water partition coefficient (Wildman–Crippen LogP) is 4.24. The first kappa shape index (κ1) is 11.3. The van der Waals surface area contributed by atoms with Gasteiger partial charge in [-0.15, -0.1) is 11.6 Å². The van der Waals surface area contributed by atoms with E-state index in [0.717, 1.165) is 11.1 Å². The number of hydrogen-bond donors (Lipinski definition) is 0. The molecule has 1 aromatic carbocycles. The van der Waals surface area contributed by atoms with Crippen LogP contribution in [0.1, 0.15) is 31.9 Å². The largest absolute Gasteiger partial charge is 0.122 e. The van der Waals surface area contributed by atoms with Gasteiger partial charge in [0.25, 0.3) is 0 Å². The molecule has 0 aliphatic carbocycles. The maximum Gasteiger partial charge on any atom is 0.0474 e. The molecule has 0 amide bonds. The zero-order valence-electron chi connectivity index (χ0n) is 9.10. The Balaban J connectivity index is 3.08. The van der Waals surface area contributed by atoms with Gasteiger partial charge in [0.2, 0.25) is 0 Å². The van der Waals surface area contributed by atoms with E-state index in [4.69, 9.17) is 11.6 Å². The molecule has 0 aliphatic heterocycles. The van der Waals surface area contributed by atoms with Gasteiger partial charge >= 0.3 is 0 Å². The molecule has 0 N–H and O–H groups in total. The molecular weight excluding hydrogens is 192 g/mol. The van der Waals surface area contributed by atoms with E-state index in [1.54, 1.807) is 0 Å². The van der Waals surface area contributed by atoms with E-state index in [9.17, 15) is 0 Å². The quantitative estimate of drug-likeness (QED) is 0.638. The first-order chi connectivity index (χ1) is 6.45. The highest BCUT2D eigenvalue weighted by molar-refractivity contribution is 6.23. The van der Waals surface area contributed by atoms with Gasteiger partial charge in [0.05, 0.1) is 0 Å². The summed E-state index contributed by atoms with van der Waals surface area (Å²) in [5, 5.41) is 0. The van der Waals surface area contributed by atoms with Gasteiger partial charge < -0.3 is 0 Å². The number of halogens is 1. The Morgan fingerprint density at radius 3 is 2.50 bits per heavy atom. The number of hydrogen-bond acceptors (Lipinski definition) is 0. The third kappa shape index (κ3) is 2.62. The average Bonchev–Trinajstić information content (AvgIpc) is 2.15. The molecular formula is C13H17Cl. The lowest BCUT2D eigenvalue weighted by Crippen LogP contribution is -2.11. The Hall–Kier alpha value is -0.750. The van der Waals surface area contributed by atoms with Crippen LogP contribution in [0.15, 0.2) is 30.8 Å². The third-order valence-electron chi connectivity index (χ3n) is 2.30. The Labute approximate surface area is 91.6 Å². The molecule has 1 heteroatoms. The second-order valence-corrected chi connectivity index (χ2v) is 4.84. The molecule has 1 aromatic rings. The second-order valence-electron chi connectivity index (χ2n) is 4.57. The van der Waals surface area contributed by atoms with Crippen molar-refractivity contribution in [3.63, 3.8) is 0 Å². The van der Waals surface area contributed by atoms with Gasteiger partial charge in [0.1, 0.15) is 0 Å². The summed E-state index contributed by atoms with van der Waals surface area (Å²) in [6, 6.07) is 8.43. The van der Waals surface area contributed by atoms with Crippen molar-refractivity contribution in [1.29, 1.82) is 0 Å². The molecule has 0 aromatic heterocycles. The summed E-state index contributed by atoms with van der Waals surface area (Å²) in [5.41, 5.74) is 3.63. The number of allylic oxidation sites excluding steroid dienone is 1. The van der Waals surface area contributed by atoms with Gasteiger partial charge in [-0.05, 0) is 22.1 Å². The van der Waals surface area contributed by atoms with Crippen LogP contribution in [0.5, 0.6) is 0 Å². The minimum atomic E-state index is 0.183. The van der Waals surface area contributed by atoms with Crippen molar-refractivity contribution in [2.75, 3.05) is 5.88 Å². The van der Waals surface area contributed by atoms with Crippen LogP contribution >= 0.6 is 11.6 Å². The van der Waals surface area contributed by atoms with Crippen molar-refractivity contribution in [1.82, 2.24) is 0 Å². The Morgan fingerprint density at radius 2 is 2.00 bits per heavy atom. The van der Waals surface area contributed by atoms with Crippen LogP contribution in [0.3, 0.4) is 0 Å². The fourth-order valence-electron chi connectivity index (χ4n) is 1.28. The summed E-state index contributed by atoms with van der Waals surface area (Å²) in [4.78, 5) is 0. The monoisotopic (exact) mass is 208 g/mol. The standard InChI is InChI=1S/C13H17Cl/c1-10(9-14)11-6-5-7-12(8-11)13(2,3)4/h5-8H,1,9H2,2-4H3. The number of rotatable bonds is 2. The topological polar surface area (TPSA) is 0 Å². The normalized spacial score (nSPS) is 11.4. The highest BCUT2D eigenvalue weighted by Gasteiger charge is 2.13. The zero-order valence-corrected chi connectivity index (χ0v) is 9.86. The molecule has 0 bridgehead atoms. The van der Waals surface area contributed by atoms with E-state index in [-0.39, 0.29) is 5.41 Å². The fourth-order valence-corrected chi connectivity index (χ4v) is 1.44. The first-order valence-corrected chi connectivity index (χ1v) is 5.33. The summed E-state index contributed by atoms with van der Waals surface area (Å²) < 4.78 is 0. The maximum atomic E-state index is 5.75. The van der Waals surface area contributed by atoms with Crippen molar-refractivity contribution in [3.8, 4) is 0 Å². The number of benzene rings is 1. The Morgan fingerprint density at radius 1 is 1.36 bits per heavy atom. The summed E-state index contributed by atoms with van der Waals surface area (Å²) >= 11 is 5.75. The molecule has 1 rings (SSSR count). The van der Waals surface area contributed by atoms with Crippen LogP contribution in [0, 0.1) is 0 Å². The minimum absolute atomic E-state index is 0.183. The van der Waals surface area contributed by atoms with Crippen molar-refractivity contribution < 1.29 is 0 Å². The van der Waals surface area contributed by atoms with Crippen LogP contribution in [0.4, 0.5) is 0 Å². The van der Waals surface area contributed by atoms with Gasteiger partial charge in [-0.2, -0.15) is 0 Å². The molecule has 0 saturated heterocycles. The van der Waals surface area contributed by atoms with Crippen molar-refractivity contribution >= 4 is 17.2 Å². The lowest BCUT2D eigenvalue weighted by molar-refractivity contribution is 0.590. The number of alkyl halides is 1. The van der Waals surface area contributed by atoms with E-state index < -0.39 is 0 Å². The molecule has 0 fully saturated rings. The molecule has 0 spiro atoms. The van der Waals surface area contributed by atoms with Gasteiger partial charge in [-0.25, -0.2) is 0 Å². The van der Waals surface area contributed by atoms with Gasteiger partial charge in [-0.1, -0.05) is 51.6 Å². The van der Waals surface area contributed by atoms with Crippen LogP contribution < -0.4 is 0 Å². The van der Waals surface area contributed by atoms with E-state index in [0.29, 0.717) is 5.88 Å².